The van der Waals surface area contributed by atoms with Crippen molar-refractivity contribution in [2.45, 2.75) is 19.9 Å². The molecule has 1 amide bonds. The summed E-state index contributed by atoms with van der Waals surface area (Å²) < 4.78 is 19.1. The van der Waals surface area contributed by atoms with Gasteiger partial charge in [0, 0.05) is 5.69 Å². The van der Waals surface area contributed by atoms with Crippen LogP contribution in [0.1, 0.15) is 28.3 Å². The van der Waals surface area contributed by atoms with Crippen molar-refractivity contribution < 1.29 is 23.8 Å². The first-order valence-corrected chi connectivity index (χ1v) is 11.1. The van der Waals surface area contributed by atoms with Gasteiger partial charge in [-0.05, 0) is 73.0 Å². The lowest BCUT2D eigenvalue weighted by Crippen LogP contribution is -2.29. The molecule has 1 heterocycles. The fraction of sp³-hybridized carbons (Fsp3) is 0.154. The van der Waals surface area contributed by atoms with E-state index in [2.05, 4.69) is 0 Å². The Balaban J connectivity index is 2.02. The molecule has 8 heteroatoms. The molecule has 5 nitrogen and oxygen atoms in total. The fourth-order valence-electron chi connectivity index (χ4n) is 4.24. The molecule has 0 aliphatic carbocycles. The number of methoxy groups -OCH3 is 1. The van der Waals surface area contributed by atoms with Gasteiger partial charge in [-0.15, -0.1) is 0 Å². The number of anilines is 1. The number of amides is 1. The molecule has 0 aromatic heterocycles. The Bertz CT molecular complexity index is 1350. The summed E-state index contributed by atoms with van der Waals surface area (Å²) in [5, 5.41) is 11.9. The van der Waals surface area contributed by atoms with Crippen molar-refractivity contribution in [3.8, 4) is 5.75 Å². The maximum Gasteiger partial charge on any atom is 0.300 e. The third-order valence-electron chi connectivity index (χ3n) is 5.69. The summed E-state index contributed by atoms with van der Waals surface area (Å²) in [4.78, 5) is 27.7. The van der Waals surface area contributed by atoms with Crippen LogP contribution in [0.4, 0.5) is 10.1 Å². The number of hydrogen-bond acceptors (Lipinski definition) is 4. The Morgan fingerprint density at radius 1 is 1.00 bits per heavy atom. The van der Waals surface area contributed by atoms with E-state index in [9.17, 15) is 19.1 Å². The van der Waals surface area contributed by atoms with Crippen molar-refractivity contribution in [1.29, 1.82) is 0 Å². The number of benzene rings is 3. The van der Waals surface area contributed by atoms with Crippen molar-refractivity contribution in [1.82, 2.24) is 0 Å². The van der Waals surface area contributed by atoms with E-state index in [1.54, 1.807) is 18.2 Å². The first-order chi connectivity index (χ1) is 16.1. The maximum atomic E-state index is 13.6. The Labute approximate surface area is 206 Å². The molecule has 0 spiro atoms. The van der Waals surface area contributed by atoms with Gasteiger partial charge in [-0.2, -0.15) is 0 Å². The van der Waals surface area contributed by atoms with Gasteiger partial charge < -0.3 is 9.84 Å². The summed E-state index contributed by atoms with van der Waals surface area (Å²) in [5.41, 5.74) is 2.45. The van der Waals surface area contributed by atoms with E-state index in [0.717, 1.165) is 11.1 Å². The van der Waals surface area contributed by atoms with Gasteiger partial charge in [0.15, 0.2) is 0 Å². The topological polar surface area (TPSA) is 66.8 Å². The van der Waals surface area contributed by atoms with Gasteiger partial charge in [0.1, 0.15) is 17.3 Å². The van der Waals surface area contributed by atoms with Gasteiger partial charge in [-0.25, -0.2) is 4.39 Å². The molecule has 3 aromatic carbocycles. The quantitative estimate of drug-likeness (QED) is 0.256. The Morgan fingerprint density at radius 2 is 1.68 bits per heavy atom. The fourth-order valence-corrected chi connectivity index (χ4v) is 4.55. The third kappa shape index (κ3) is 4.04. The highest BCUT2D eigenvalue weighted by Gasteiger charge is 2.47. The van der Waals surface area contributed by atoms with Crippen LogP contribution < -0.4 is 9.64 Å². The van der Waals surface area contributed by atoms with E-state index in [4.69, 9.17) is 27.9 Å². The van der Waals surface area contributed by atoms with Gasteiger partial charge in [-0.3, -0.25) is 14.5 Å². The lowest BCUT2D eigenvalue weighted by molar-refractivity contribution is -0.132. The van der Waals surface area contributed by atoms with Gasteiger partial charge >= 0.3 is 0 Å². The van der Waals surface area contributed by atoms with Crippen LogP contribution in [-0.4, -0.2) is 23.9 Å². The summed E-state index contributed by atoms with van der Waals surface area (Å²) >= 11 is 12.3. The van der Waals surface area contributed by atoms with Crippen molar-refractivity contribution in [3.05, 3.63) is 98.3 Å². The summed E-state index contributed by atoms with van der Waals surface area (Å²) in [6, 6.07) is 12.4. The van der Waals surface area contributed by atoms with Gasteiger partial charge in [0.05, 0.1) is 34.3 Å². The molecule has 1 N–H and O–H groups in total. The summed E-state index contributed by atoms with van der Waals surface area (Å²) in [6.07, 6.45) is 0. The number of carbonyl (C=O) groups is 2. The van der Waals surface area contributed by atoms with Gasteiger partial charge in [0.25, 0.3) is 11.7 Å². The number of Topliss-reactive ketones (excluding diaryl/α,β-unsaturated/α-hetero) is 1. The van der Waals surface area contributed by atoms with Crippen molar-refractivity contribution >= 4 is 46.3 Å². The Morgan fingerprint density at radius 3 is 2.29 bits per heavy atom. The van der Waals surface area contributed by atoms with E-state index in [0.29, 0.717) is 16.3 Å². The van der Waals surface area contributed by atoms with E-state index in [-0.39, 0.29) is 27.6 Å². The molecular weight excluding hydrogens is 480 g/mol. The molecule has 1 fully saturated rings. The second-order valence-electron chi connectivity index (χ2n) is 7.98. The van der Waals surface area contributed by atoms with Crippen LogP contribution >= 0.6 is 23.2 Å². The van der Waals surface area contributed by atoms with Crippen molar-refractivity contribution in [2.75, 3.05) is 12.0 Å². The molecule has 3 aromatic rings. The predicted octanol–water partition coefficient (Wildman–Crippen LogP) is 6.38. The number of aryl methyl sites for hydroxylation is 2. The van der Waals surface area contributed by atoms with Crippen molar-refractivity contribution in [2.24, 2.45) is 0 Å². The first-order valence-electron chi connectivity index (χ1n) is 10.3. The number of carbonyl (C=O) groups excluding carboxylic acids is 2. The monoisotopic (exact) mass is 499 g/mol. The van der Waals surface area contributed by atoms with Crippen molar-refractivity contribution in [3.63, 3.8) is 0 Å². The molecule has 174 valence electrons. The van der Waals surface area contributed by atoms with Crippen LogP contribution in [0.3, 0.4) is 0 Å². The van der Waals surface area contributed by atoms with Gasteiger partial charge in [0.2, 0.25) is 0 Å². The first kappa shape index (κ1) is 23.8. The van der Waals surface area contributed by atoms with Crippen LogP contribution in [0.25, 0.3) is 5.76 Å². The van der Waals surface area contributed by atoms with E-state index in [1.165, 1.54) is 42.3 Å². The summed E-state index contributed by atoms with van der Waals surface area (Å²) in [7, 11) is 1.46. The number of aliphatic hydroxyl groups is 1. The normalized spacial score (nSPS) is 17.4. The minimum Gasteiger partial charge on any atom is -0.507 e. The predicted molar refractivity (Wildman–Crippen MR) is 130 cm³/mol. The van der Waals surface area contributed by atoms with Crippen LogP contribution in [0.2, 0.25) is 10.0 Å². The minimum atomic E-state index is -1.04. The van der Waals surface area contributed by atoms with Crippen LogP contribution in [0, 0.1) is 19.7 Å². The summed E-state index contributed by atoms with van der Waals surface area (Å²) in [5.74, 6) is -2.26. The average Bonchev–Trinajstić information content (AvgIpc) is 3.06. The number of hydrogen-bond donors (Lipinski definition) is 1. The number of halogens is 3. The standard InChI is InChI=1S/C26H20Cl2FNO4/c1-13-10-14(2)25(34-3)18(11-13)23(31)21-22(15-4-9-19(27)20(28)12-15)30(26(33)24(21)32)17-7-5-16(29)6-8-17/h4-12,22,31H,1-3H3/b23-21+. The second kappa shape index (κ2) is 9.12. The molecule has 1 unspecified atom stereocenters. The molecule has 0 radical (unpaired) electrons. The molecule has 0 bridgehead atoms. The smallest absolute Gasteiger partial charge is 0.300 e. The molecule has 1 aliphatic rings. The zero-order valence-corrected chi connectivity index (χ0v) is 20.0. The largest absolute Gasteiger partial charge is 0.507 e. The minimum absolute atomic E-state index is 0.143. The molecule has 1 aliphatic heterocycles. The van der Waals surface area contributed by atoms with E-state index >= 15 is 0 Å². The maximum absolute atomic E-state index is 13.6. The van der Waals surface area contributed by atoms with Crippen LogP contribution in [-0.2, 0) is 9.59 Å². The van der Waals surface area contributed by atoms with Gasteiger partial charge in [-0.1, -0.05) is 35.3 Å². The Hall–Kier alpha value is -3.35. The lowest BCUT2D eigenvalue weighted by Gasteiger charge is -2.26. The molecule has 0 saturated carbocycles. The zero-order valence-electron chi connectivity index (χ0n) is 18.5. The second-order valence-corrected chi connectivity index (χ2v) is 8.80. The van der Waals surface area contributed by atoms with E-state index < -0.39 is 23.5 Å². The highest BCUT2D eigenvalue weighted by atomic mass is 35.5. The number of nitrogens with zero attached hydrogens (tertiary/aromatic N) is 1. The Kier molecular flexibility index (Phi) is 6.39. The number of rotatable bonds is 4. The molecule has 1 atom stereocenters. The number of ether oxygens (including phenoxy) is 1. The number of ketones is 1. The summed E-state index contributed by atoms with van der Waals surface area (Å²) in [6.45, 7) is 3.66. The van der Waals surface area contributed by atoms with E-state index in [1.807, 2.05) is 19.9 Å². The molecular formula is C26H20Cl2FNO4. The molecule has 1 saturated heterocycles. The number of aliphatic hydroxyl groups excluding tert-OH is 1. The average molecular weight is 500 g/mol. The highest BCUT2D eigenvalue weighted by molar-refractivity contribution is 6.52. The molecule has 34 heavy (non-hydrogen) atoms. The molecule has 4 rings (SSSR count). The van der Waals surface area contributed by atoms with Crippen LogP contribution in [0.5, 0.6) is 5.75 Å². The highest BCUT2D eigenvalue weighted by Crippen LogP contribution is 2.44. The third-order valence-corrected chi connectivity index (χ3v) is 6.43. The lowest BCUT2D eigenvalue weighted by atomic mass is 9.93. The van der Waals surface area contributed by atoms with Crippen LogP contribution in [0.15, 0.2) is 60.2 Å². The SMILES string of the molecule is COc1c(C)cc(C)cc1/C(O)=C1\C(=O)C(=O)N(c2ccc(F)cc2)C1c1ccc(Cl)c(Cl)c1. The zero-order chi connectivity index (χ0) is 24.7.